The van der Waals surface area contributed by atoms with Gasteiger partial charge >= 0.3 is 5.97 Å². The summed E-state index contributed by atoms with van der Waals surface area (Å²) >= 11 is 0. The molecule has 0 amide bonds. The van der Waals surface area contributed by atoms with Crippen LogP contribution in [0.1, 0.15) is 24.8 Å². The molecule has 3 nitrogen and oxygen atoms in total. The molecule has 2 atom stereocenters. The van der Waals surface area contributed by atoms with Crippen LogP contribution < -0.4 is 0 Å². The van der Waals surface area contributed by atoms with Gasteiger partial charge in [-0.3, -0.25) is 9.78 Å². The first-order chi connectivity index (χ1) is 6.83. The number of hydrogen-bond acceptors (Lipinski definition) is 3. The van der Waals surface area contributed by atoms with E-state index in [1.54, 1.807) is 12.4 Å². The minimum absolute atomic E-state index is 0.0608. The number of aromatic nitrogens is 1. The highest BCUT2D eigenvalue weighted by Gasteiger charge is 2.44. The topological polar surface area (TPSA) is 39.2 Å². The molecule has 1 heterocycles. The average Bonchev–Trinajstić information content (AvgIpc) is 2.99. The molecule has 0 unspecified atom stereocenters. The van der Waals surface area contributed by atoms with Gasteiger partial charge in [0.05, 0.1) is 12.5 Å². The van der Waals surface area contributed by atoms with Crippen molar-refractivity contribution in [2.75, 3.05) is 6.61 Å². The Morgan fingerprint density at radius 1 is 1.57 bits per heavy atom. The van der Waals surface area contributed by atoms with E-state index in [2.05, 4.69) is 4.98 Å². The van der Waals surface area contributed by atoms with Crippen LogP contribution in [0.15, 0.2) is 24.5 Å². The van der Waals surface area contributed by atoms with Crippen molar-refractivity contribution in [3.05, 3.63) is 30.1 Å². The largest absolute Gasteiger partial charge is 0.466 e. The third-order valence-electron chi connectivity index (χ3n) is 2.51. The summed E-state index contributed by atoms with van der Waals surface area (Å²) in [6.45, 7) is 2.31. The first-order valence-corrected chi connectivity index (χ1v) is 4.89. The van der Waals surface area contributed by atoms with E-state index in [9.17, 15) is 4.79 Å². The molecule has 1 aromatic rings. The highest BCUT2D eigenvalue weighted by atomic mass is 16.5. The second-order valence-electron chi connectivity index (χ2n) is 3.48. The van der Waals surface area contributed by atoms with Crippen molar-refractivity contribution in [1.82, 2.24) is 4.98 Å². The molecule has 1 aromatic heterocycles. The molecule has 1 fully saturated rings. The number of pyridine rings is 1. The first kappa shape index (κ1) is 9.19. The SMILES string of the molecule is CCOC(=O)[C@@H]1C[C@H]1c1ccncc1. The summed E-state index contributed by atoms with van der Waals surface area (Å²) in [5, 5.41) is 0. The van der Waals surface area contributed by atoms with Gasteiger partial charge in [0.1, 0.15) is 0 Å². The van der Waals surface area contributed by atoms with Gasteiger partial charge in [-0.25, -0.2) is 0 Å². The van der Waals surface area contributed by atoms with E-state index in [4.69, 9.17) is 4.74 Å². The lowest BCUT2D eigenvalue weighted by Crippen LogP contribution is -2.07. The molecule has 3 heteroatoms. The molecule has 0 aromatic carbocycles. The Bertz CT molecular complexity index is 323. The maximum atomic E-state index is 11.4. The highest BCUT2D eigenvalue weighted by molar-refractivity contribution is 5.77. The summed E-state index contributed by atoms with van der Waals surface area (Å²) < 4.78 is 4.96. The number of carbonyl (C=O) groups is 1. The van der Waals surface area contributed by atoms with Crippen LogP contribution >= 0.6 is 0 Å². The molecule has 0 bridgehead atoms. The molecule has 14 heavy (non-hydrogen) atoms. The molecule has 1 aliphatic rings. The zero-order valence-electron chi connectivity index (χ0n) is 8.14. The Morgan fingerprint density at radius 3 is 2.93 bits per heavy atom. The van der Waals surface area contributed by atoms with Crippen LogP contribution in [0.25, 0.3) is 0 Å². The fourth-order valence-electron chi connectivity index (χ4n) is 1.68. The van der Waals surface area contributed by atoms with E-state index in [1.165, 1.54) is 5.56 Å². The Morgan fingerprint density at radius 2 is 2.29 bits per heavy atom. The normalized spacial score (nSPS) is 24.4. The molecular weight excluding hydrogens is 178 g/mol. The molecule has 0 radical (unpaired) electrons. The first-order valence-electron chi connectivity index (χ1n) is 4.89. The van der Waals surface area contributed by atoms with Crippen molar-refractivity contribution in [2.45, 2.75) is 19.3 Å². The van der Waals surface area contributed by atoms with Crippen molar-refractivity contribution in [1.29, 1.82) is 0 Å². The molecule has 1 saturated carbocycles. The number of rotatable bonds is 3. The van der Waals surface area contributed by atoms with Gasteiger partial charge in [-0.1, -0.05) is 0 Å². The van der Waals surface area contributed by atoms with Gasteiger partial charge in [0.15, 0.2) is 0 Å². The van der Waals surface area contributed by atoms with E-state index in [0.717, 1.165) is 6.42 Å². The van der Waals surface area contributed by atoms with Crippen molar-refractivity contribution in [3.8, 4) is 0 Å². The maximum absolute atomic E-state index is 11.4. The number of esters is 1. The molecule has 0 spiro atoms. The van der Waals surface area contributed by atoms with Crippen LogP contribution in [0, 0.1) is 5.92 Å². The summed E-state index contributed by atoms with van der Waals surface area (Å²) in [6.07, 6.45) is 4.44. The zero-order valence-corrected chi connectivity index (χ0v) is 8.14. The van der Waals surface area contributed by atoms with Gasteiger partial charge in [-0.15, -0.1) is 0 Å². The van der Waals surface area contributed by atoms with Gasteiger partial charge < -0.3 is 4.74 Å². The van der Waals surface area contributed by atoms with Gasteiger partial charge in [0.2, 0.25) is 0 Å². The Hall–Kier alpha value is -1.38. The molecule has 1 aliphatic carbocycles. The summed E-state index contributed by atoms with van der Waals surface area (Å²) in [5.41, 5.74) is 1.19. The minimum atomic E-state index is -0.0608. The number of nitrogens with zero attached hydrogens (tertiary/aromatic N) is 1. The van der Waals surface area contributed by atoms with Crippen LogP contribution in [-0.4, -0.2) is 17.6 Å². The maximum Gasteiger partial charge on any atom is 0.309 e. The standard InChI is InChI=1S/C11H13NO2/c1-2-14-11(13)10-7-9(10)8-3-5-12-6-4-8/h3-6,9-10H,2,7H2,1H3/t9-,10+/m0/s1. The van der Waals surface area contributed by atoms with E-state index in [0.29, 0.717) is 12.5 Å². The summed E-state index contributed by atoms with van der Waals surface area (Å²) in [6, 6.07) is 3.92. The van der Waals surface area contributed by atoms with Crippen molar-refractivity contribution in [2.24, 2.45) is 5.92 Å². The molecule has 0 N–H and O–H groups in total. The van der Waals surface area contributed by atoms with Gasteiger partial charge in [-0.05, 0) is 37.0 Å². The lowest BCUT2D eigenvalue weighted by atomic mass is 10.1. The highest BCUT2D eigenvalue weighted by Crippen LogP contribution is 2.47. The van der Waals surface area contributed by atoms with Gasteiger partial charge in [0.25, 0.3) is 0 Å². The molecule has 0 aliphatic heterocycles. The smallest absolute Gasteiger partial charge is 0.309 e. The Labute approximate surface area is 83.1 Å². The summed E-state index contributed by atoms with van der Waals surface area (Å²) in [7, 11) is 0. The van der Waals surface area contributed by atoms with E-state index in [-0.39, 0.29) is 11.9 Å². The van der Waals surface area contributed by atoms with Crippen LogP contribution in [0.4, 0.5) is 0 Å². The Kier molecular flexibility index (Phi) is 2.48. The zero-order chi connectivity index (χ0) is 9.97. The number of hydrogen-bond donors (Lipinski definition) is 0. The molecular formula is C11H13NO2. The minimum Gasteiger partial charge on any atom is -0.466 e. The van der Waals surface area contributed by atoms with Crippen LogP contribution in [0.5, 0.6) is 0 Å². The second-order valence-corrected chi connectivity index (χ2v) is 3.48. The van der Waals surface area contributed by atoms with Crippen LogP contribution in [-0.2, 0) is 9.53 Å². The Balaban J connectivity index is 1.96. The lowest BCUT2D eigenvalue weighted by Gasteiger charge is -2.00. The molecule has 2 rings (SSSR count). The number of carbonyl (C=O) groups excluding carboxylic acids is 1. The van der Waals surface area contributed by atoms with Crippen LogP contribution in [0.3, 0.4) is 0 Å². The third-order valence-corrected chi connectivity index (χ3v) is 2.51. The fraction of sp³-hybridized carbons (Fsp3) is 0.455. The van der Waals surface area contributed by atoms with E-state index >= 15 is 0 Å². The quantitative estimate of drug-likeness (QED) is 0.683. The molecule has 74 valence electrons. The van der Waals surface area contributed by atoms with Crippen molar-refractivity contribution >= 4 is 5.97 Å². The summed E-state index contributed by atoms with van der Waals surface area (Å²) in [4.78, 5) is 15.3. The summed E-state index contributed by atoms with van der Waals surface area (Å²) in [5.74, 6) is 0.378. The predicted molar refractivity (Wildman–Crippen MR) is 51.7 cm³/mol. The van der Waals surface area contributed by atoms with Gasteiger partial charge in [0, 0.05) is 12.4 Å². The third kappa shape index (κ3) is 1.76. The average molecular weight is 191 g/mol. The predicted octanol–water partition coefficient (Wildman–Crippen LogP) is 1.75. The van der Waals surface area contributed by atoms with Crippen LogP contribution in [0.2, 0.25) is 0 Å². The van der Waals surface area contributed by atoms with Gasteiger partial charge in [-0.2, -0.15) is 0 Å². The van der Waals surface area contributed by atoms with Crippen molar-refractivity contribution < 1.29 is 9.53 Å². The monoisotopic (exact) mass is 191 g/mol. The van der Waals surface area contributed by atoms with Crippen molar-refractivity contribution in [3.63, 3.8) is 0 Å². The van der Waals surface area contributed by atoms with E-state index in [1.807, 2.05) is 19.1 Å². The van der Waals surface area contributed by atoms with E-state index < -0.39 is 0 Å². The second kappa shape index (κ2) is 3.78. The fourth-order valence-corrected chi connectivity index (χ4v) is 1.68. The number of ether oxygens (including phenoxy) is 1. The lowest BCUT2D eigenvalue weighted by molar-refractivity contribution is -0.144. The molecule has 0 saturated heterocycles.